The Morgan fingerprint density at radius 2 is 1.77 bits per heavy atom. The normalized spacial score (nSPS) is 11.8. The third-order valence-electron chi connectivity index (χ3n) is 4.81. The summed E-state index contributed by atoms with van der Waals surface area (Å²) in [7, 11) is 0. The number of halogens is 1. The number of nitrogens with one attached hydrogen (secondary N) is 1. The second kappa shape index (κ2) is 8.21. The fourth-order valence-corrected chi connectivity index (χ4v) is 3.22. The molecule has 1 atom stereocenters. The van der Waals surface area contributed by atoms with E-state index in [9.17, 15) is 9.18 Å². The molecule has 2 N–H and O–H groups in total. The van der Waals surface area contributed by atoms with Crippen LogP contribution in [-0.2, 0) is 0 Å². The predicted molar refractivity (Wildman–Crippen MR) is 114 cm³/mol. The number of carbonyl (C=O) groups is 1. The molecule has 1 heterocycles. The van der Waals surface area contributed by atoms with Gasteiger partial charge in [-0.25, -0.2) is 14.2 Å². The molecule has 4 rings (SSSR count). The number of rotatable bonds is 6. The van der Waals surface area contributed by atoms with Crippen LogP contribution in [0.25, 0.3) is 10.8 Å². The zero-order valence-corrected chi connectivity index (χ0v) is 16.2. The number of nitrogens with zero attached hydrogens (tertiary/aromatic N) is 1. The molecule has 1 aromatic heterocycles. The highest BCUT2D eigenvalue weighted by Gasteiger charge is 2.14. The minimum absolute atomic E-state index is 0.121. The maximum atomic E-state index is 13.2. The third-order valence-corrected chi connectivity index (χ3v) is 4.81. The number of anilines is 1. The molecule has 0 aliphatic rings. The molecule has 0 aliphatic heterocycles. The lowest BCUT2D eigenvalue weighted by Gasteiger charge is -2.18. The van der Waals surface area contributed by atoms with Crippen molar-refractivity contribution in [3.05, 3.63) is 95.9 Å². The van der Waals surface area contributed by atoms with Gasteiger partial charge in [0.25, 0.3) is 0 Å². The molecule has 0 spiro atoms. The van der Waals surface area contributed by atoms with Gasteiger partial charge in [0.15, 0.2) is 0 Å². The van der Waals surface area contributed by atoms with Gasteiger partial charge in [0.2, 0.25) is 0 Å². The first kappa shape index (κ1) is 19.4. The van der Waals surface area contributed by atoms with Crippen LogP contribution in [0.2, 0.25) is 0 Å². The van der Waals surface area contributed by atoms with E-state index in [1.807, 2.05) is 31.2 Å². The van der Waals surface area contributed by atoms with E-state index in [1.165, 1.54) is 12.1 Å². The molecule has 0 fully saturated rings. The number of hydrogen-bond acceptors (Lipinski definition) is 4. The molecule has 0 saturated heterocycles. The summed E-state index contributed by atoms with van der Waals surface area (Å²) in [4.78, 5) is 15.6. The lowest BCUT2D eigenvalue weighted by Crippen LogP contribution is -2.09. The van der Waals surface area contributed by atoms with Crippen molar-refractivity contribution in [3.8, 4) is 11.5 Å². The maximum Gasteiger partial charge on any atom is 0.335 e. The Balaban J connectivity index is 1.66. The second-order valence-electron chi connectivity index (χ2n) is 6.86. The van der Waals surface area contributed by atoms with Gasteiger partial charge >= 0.3 is 5.97 Å². The van der Waals surface area contributed by atoms with Crippen LogP contribution in [0, 0.1) is 5.82 Å². The molecule has 0 saturated carbocycles. The van der Waals surface area contributed by atoms with Crippen LogP contribution in [0.3, 0.4) is 0 Å². The first-order valence-electron chi connectivity index (χ1n) is 9.42. The predicted octanol–water partition coefficient (Wildman–Crippen LogP) is 6.04. The van der Waals surface area contributed by atoms with E-state index >= 15 is 0 Å². The Morgan fingerprint density at radius 3 is 2.47 bits per heavy atom. The molecule has 150 valence electrons. The number of benzene rings is 3. The molecule has 0 radical (unpaired) electrons. The van der Waals surface area contributed by atoms with Gasteiger partial charge in [-0.15, -0.1) is 0 Å². The largest absolute Gasteiger partial charge is 0.478 e. The Morgan fingerprint density at radius 1 is 1.03 bits per heavy atom. The van der Waals surface area contributed by atoms with E-state index in [-0.39, 0.29) is 17.4 Å². The van der Waals surface area contributed by atoms with Gasteiger partial charge in [-0.2, -0.15) is 0 Å². The Kier molecular flexibility index (Phi) is 5.30. The highest BCUT2D eigenvalue weighted by Crippen LogP contribution is 2.35. The van der Waals surface area contributed by atoms with Crippen molar-refractivity contribution >= 4 is 22.6 Å². The first-order valence-corrected chi connectivity index (χ1v) is 9.42. The summed E-state index contributed by atoms with van der Waals surface area (Å²) < 4.78 is 19.2. The zero-order chi connectivity index (χ0) is 21.1. The number of carboxylic acid groups (broad SMARTS) is 1. The van der Waals surface area contributed by atoms with Gasteiger partial charge in [-0.1, -0.05) is 24.3 Å². The van der Waals surface area contributed by atoms with Crippen LogP contribution in [0.4, 0.5) is 10.2 Å². The van der Waals surface area contributed by atoms with Crippen molar-refractivity contribution in [1.29, 1.82) is 0 Å². The Labute approximate surface area is 172 Å². The maximum absolute atomic E-state index is 13.2. The van der Waals surface area contributed by atoms with Crippen LogP contribution >= 0.6 is 0 Å². The minimum Gasteiger partial charge on any atom is -0.478 e. The summed E-state index contributed by atoms with van der Waals surface area (Å²) >= 11 is 0. The highest BCUT2D eigenvalue weighted by molar-refractivity contribution is 5.97. The zero-order valence-electron chi connectivity index (χ0n) is 16.2. The molecule has 4 aromatic rings. The number of aromatic nitrogens is 1. The second-order valence-corrected chi connectivity index (χ2v) is 6.86. The van der Waals surface area contributed by atoms with Crippen molar-refractivity contribution in [2.75, 3.05) is 5.32 Å². The molecule has 3 aromatic carbocycles. The summed E-state index contributed by atoms with van der Waals surface area (Å²) in [5.74, 6) is 0.478. The van der Waals surface area contributed by atoms with Crippen molar-refractivity contribution in [2.45, 2.75) is 13.0 Å². The quantitative estimate of drug-likeness (QED) is 0.412. The van der Waals surface area contributed by atoms with Gasteiger partial charge in [0.05, 0.1) is 10.9 Å². The van der Waals surface area contributed by atoms with E-state index in [0.717, 1.165) is 16.3 Å². The highest BCUT2D eigenvalue weighted by atomic mass is 19.1. The third kappa shape index (κ3) is 4.07. The van der Waals surface area contributed by atoms with Crippen LogP contribution < -0.4 is 10.1 Å². The smallest absolute Gasteiger partial charge is 0.335 e. The molecule has 5 nitrogen and oxygen atoms in total. The van der Waals surface area contributed by atoms with Gasteiger partial charge in [-0.3, -0.25) is 0 Å². The van der Waals surface area contributed by atoms with Gasteiger partial charge in [-0.05, 0) is 66.4 Å². The summed E-state index contributed by atoms with van der Waals surface area (Å²) in [6.45, 7) is 1.97. The summed E-state index contributed by atoms with van der Waals surface area (Å²) in [5, 5.41) is 14.2. The van der Waals surface area contributed by atoms with Crippen molar-refractivity contribution in [3.63, 3.8) is 0 Å². The van der Waals surface area contributed by atoms with Crippen LogP contribution in [0.1, 0.15) is 28.9 Å². The molecule has 30 heavy (non-hydrogen) atoms. The Hall–Kier alpha value is -3.93. The number of aromatic carboxylic acids is 1. The average molecular weight is 402 g/mol. The molecular formula is C24H19FN2O3. The number of hydrogen-bond donors (Lipinski definition) is 2. The molecule has 0 aliphatic carbocycles. The molecule has 6 heteroatoms. The number of carboxylic acids is 1. The SMILES string of the molecule is C[C@@H](Nc1nccc2cccc(Oc3ccc(F)cc3)c12)c1ccc(C(=O)O)cc1. The molecule has 0 bridgehead atoms. The van der Waals surface area contributed by atoms with E-state index in [0.29, 0.717) is 17.3 Å². The number of ether oxygens (including phenoxy) is 1. The van der Waals surface area contributed by atoms with Gasteiger partial charge < -0.3 is 15.2 Å². The lowest BCUT2D eigenvalue weighted by molar-refractivity contribution is 0.0697. The topological polar surface area (TPSA) is 71.5 Å². The lowest BCUT2D eigenvalue weighted by atomic mass is 10.1. The minimum atomic E-state index is -0.958. The van der Waals surface area contributed by atoms with E-state index < -0.39 is 5.97 Å². The number of fused-ring (bicyclic) bond motifs is 1. The van der Waals surface area contributed by atoms with Crippen molar-refractivity contribution in [2.24, 2.45) is 0 Å². The van der Waals surface area contributed by atoms with E-state index in [2.05, 4.69) is 10.3 Å². The van der Waals surface area contributed by atoms with E-state index in [4.69, 9.17) is 9.84 Å². The van der Waals surface area contributed by atoms with Crippen LogP contribution in [0.15, 0.2) is 79.0 Å². The van der Waals surface area contributed by atoms with Crippen LogP contribution in [-0.4, -0.2) is 16.1 Å². The summed E-state index contributed by atoms with van der Waals surface area (Å²) in [6, 6.07) is 20.0. The first-order chi connectivity index (χ1) is 14.5. The van der Waals surface area contributed by atoms with Crippen LogP contribution in [0.5, 0.6) is 11.5 Å². The molecular weight excluding hydrogens is 383 g/mol. The monoisotopic (exact) mass is 402 g/mol. The fourth-order valence-electron chi connectivity index (χ4n) is 3.22. The van der Waals surface area contributed by atoms with Gasteiger partial charge in [0.1, 0.15) is 23.1 Å². The van der Waals surface area contributed by atoms with Crippen molar-refractivity contribution in [1.82, 2.24) is 4.98 Å². The molecule has 0 unspecified atom stereocenters. The van der Waals surface area contributed by atoms with E-state index in [1.54, 1.807) is 42.6 Å². The number of pyridine rings is 1. The molecule has 0 amide bonds. The average Bonchev–Trinajstić information content (AvgIpc) is 2.75. The standard InChI is InChI=1S/C24H19FN2O3/c1-15(16-5-7-18(8-6-16)24(28)29)27-23-22-17(13-14-26-23)3-2-4-21(22)30-20-11-9-19(25)10-12-20/h2-15H,1H3,(H,26,27)(H,28,29)/t15-/m1/s1. The van der Waals surface area contributed by atoms with Crippen molar-refractivity contribution < 1.29 is 19.0 Å². The Bertz CT molecular complexity index is 1190. The summed E-state index contributed by atoms with van der Waals surface area (Å²) in [6.07, 6.45) is 1.71. The summed E-state index contributed by atoms with van der Waals surface area (Å²) in [5.41, 5.74) is 1.17. The fraction of sp³-hybridized carbons (Fsp3) is 0.0833. The van der Waals surface area contributed by atoms with Gasteiger partial charge in [0, 0.05) is 12.2 Å².